The Labute approximate surface area is 84.1 Å². The van der Waals surface area contributed by atoms with E-state index in [0.717, 1.165) is 38.2 Å². The molecule has 1 saturated heterocycles. The number of aromatic nitrogens is 2. The first kappa shape index (κ1) is 9.55. The molecule has 0 aliphatic carbocycles. The van der Waals surface area contributed by atoms with Crippen LogP contribution in [0, 0.1) is 0 Å². The minimum Gasteiger partial charge on any atom is -0.328 e. The third-order valence-corrected chi connectivity index (χ3v) is 2.65. The van der Waals surface area contributed by atoms with Crippen LogP contribution in [-0.4, -0.2) is 34.2 Å². The largest absolute Gasteiger partial charge is 0.328 e. The summed E-state index contributed by atoms with van der Waals surface area (Å²) in [4.78, 5) is 2.38. The molecule has 0 radical (unpaired) electrons. The van der Waals surface area contributed by atoms with Gasteiger partial charge in [-0.3, -0.25) is 4.90 Å². The van der Waals surface area contributed by atoms with E-state index in [4.69, 9.17) is 5.73 Å². The molecule has 1 fully saturated rings. The Morgan fingerprint density at radius 3 is 2.86 bits per heavy atom. The molecule has 0 atom stereocenters. The van der Waals surface area contributed by atoms with Crippen molar-refractivity contribution in [3.05, 3.63) is 24.0 Å². The molecule has 0 unspecified atom stereocenters. The predicted octanol–water partition coefficient (Wildman–Crippen LogP) is 0.400. The lowest BCUT2D eigenvalue weighted by Gasteiger charge is -2.29. The number of nitrogens with two attached hydrogens (primary N) is 1. The Bertz CT molecular complexity index is 267. The molecular weight excluding hydrogens is 176 g/mol. The maximum Gasteiger partial charge on any atom is 0.0771 e. The highest BCUT2D eigenvalue weighted by atomic mass is 15.2. The minimum atomic E-state index is 0.396. The fraction of sp³-hybridized carbons (Fsp3) is 0.600. The summed E-state index contributed by atoms with van der Waals surface area (Å²) in [5.74, 6) is 0. The topological polar surface area (TPSA) is 55.0 Å². The molecule has 1 aliphatic rings. The lowest BCUT2D eigenvalue weighted by Crippen LogP contribution is -2.39. The van der Waals surface area contributed by atoms with Crippen LogP contribution in [0.2, 0.25) is 0 Å². The zero-order valence-corrected chi connectivity index (χ0v) is 8.26. The number of likely N-dealkylation sites (tertiary alicyclic amines) is 1. The number of piperidine rings is 1. The van der Waals surface area contributed by atoms with E-state index in [0.29, 0.717) is 6.04 Å². The van der Waals surface area contributed by atoms with Gasteiger partial charge in [-0.25, -0.2) is 0 Å². The van der Waals surface area contributed by atoms with Gasteiger partial charge in [-0.2, -0.15) is 10.2 Å². The van der Waals surface area contributed by atoms with E-state index in [9.17, 15) is 0 Å². The third kappa shape index (κ3) is 2.49. The molecule has 4 heteroatoms. The van der Waals surface area contributed by atoms with Crippen molar-refractivity contribution in [1.29, 1.82) is 0 Å². The molecule has 2 rings (SSSR count). The van der Waals surface area contributed by atoms with Gasteiger partial charge in [-0.15, -0.1) is 0 Å². The zero-order chi connectivity index (χ0) is 9.80. The molecule has 4 nitrogen and oxygen atoms in total. The average Bonchev–Trinajstić information content (AvgIpc) is 2.23. The van der Waals surface area contributed by atoms with Crippen LogP contribution in [0.5, 0.6) is 0 Å². The summed E-state index contributed by atoms with van der Waals surface area (Å²) in [6.07, 6.45) is 3.90. The van der Waals surface area contributed by atoms with Gasteiger partial charge in [0.05, 0.1) is 5.69 Å². The summed E-state index contributed by atoms with van der Waals surface area (Å²) in [6.45, 7) is 3.07. The molecule has 1 aliphatic heterocycles. The quantitative estimate of drug-likeness (QED) is 0.737. The van der Waals surface area contributed by atoms with Gasteiger partial charge in [0, 0.05) is 31.9 Å². The first-order valence-electron chi connectivity index (χ1n) is 5.09. The second-order valence-corrected chi connectivity index (χ2v) is 3.83. The Morgan fingerprint density at radius 2 is 2.21 bits per heavy atom. The van der Waals surface area contributed by atoms with E-state index in [1.54, 1.807) is 6.20 Å². The number of rotatable bonds is 2. The van der Waals surface area contributed by atoms with E-state index in [-0.39, 0.29) is 0 Å². The monoisotopic (exact) mass is 192 g/mol. The predicted molar refractivity (Wildman–Crippen MR) is 54.5 cm³/mol. The van der Waals surface area contributed by atoms with E-state index in [1.807, 2.05) is 12.1 Å². The van der Waals surface area contributed by atoms with Crippen LogP contribution in [0.1, 0.15) is 18.5 Å². The van der Waals surface area contributed by atoms with E-state index < -0.39 is 0 Å². The molecule has 0 bridgehead atoms. The molecule has 2 N–H and O–H groups in total. The van der Waals surface area contributed by atoms with Crippen LogP contribution in [0.25, 0.3) is 0 Å². The average molecular weight is 192 g/mol. The van der Waals surface area contributed by atoms with Crippen LogP contribution < -0.4 is 5.73 Å². The first-order valence-corrected chi connectivity index (χ1v) is 5.09. The summed E-state index contributed by atoms with van der Waals surface area (Å²) < 4.78 is 0. The Kier molecular flexibility index (Phi) is 3.06. The van der Waals surface area contributed by atoms with Gasteiger partial charge < -0.3 is 5.73 Å². The van der Waals surface area contributed by atoms with Crippen LogP contribution >= 0.6 is 0 Å². The van der Waals surface area contributed by atoms with Crippen molar-refractivity contribution in [2.75, 3.05) is 13.1 Å². The standard InChI is InChI=1S/C10H16N4/c11-9-3-6-14(7-4-9)8-10-2-1-5-12-13-10/h1-2,5,9H,3-4,6-8,11H2. The van der Waals surface area contributed by atoms with Crippen LogP contribution in [0.3, 0.4) is 0 Å². The molecule has 0 spiro atoms. The number of nitrogens with zero attached hydrogens (tertiary/aromatic N) is 3. The maximum atomic E-state index is 5.84. The lowest BCUT2D eigenvalue weighted by atomic mass is 10.1. The molecular formula is C10H16N4. The van der Waals surface area contributed by atoms with Crippen LogP contribution in [-0.2, 0) is 6.54 Å². The van der Waals surface area contributed by atoms with Crippen molar-refractivity contribution < 1.29 is 0 Å². The second kappa shape index (κ2) is 4.48. The van der Waals surface area contributed by atoms with Crippen molar-refractivity contribution in [3.63, 3.8) is 0 Å². The van der Waals surface area contributed by atoms with Crippen molar-refractivity contribution >= 4 is 0 Å². The Balaban J connectivity index is 1.87. The molecule has 0 amide bonds. The number of hydrogen-bond acceptors (Lipinski definition) is 4. The summed E-state index contributed by atoms with van der Waals surface area (Å²) in [6, 6.07) is 4.34. The first-order chi connectivity index (χ1) is 6.84. The molecule has 0 saturated carbocycles. The fourth-order valence-corrected chi connectivity index (χ4v) is 1.76. The van der Waals surface area contributed by atoms with Crippen molar-refractivity contribution in [3.8, 4) is 0 Å². The van der Waals surface area contributed by atoms with Gasteiger partial charge in [-0.05, 0) is 25.0 Å². The molecule has 14 heavy (non-hydrogen) atoms. The maximum absolute atomic E-state index is 5.84. The van der Waals surface area contributed by atoms with E-state index in [1.165, 1.54) is 0 Å². The number of hydrogen-bond donors (Lipinski definition) is 1. The highest BCUT2D eigenvalue weighted by Crippen LogP contribution is 2.10. The Morgan fingerprint density at radius 1 is 1.43 bits per heavy atom. The van der Waals surface area contributed by atoms with Gasteiger partial charge in [0.1, 0.15) is 0 Å². The summed E-state index contributed by atoms with van der Waals surface area (Å²) in [5, 5.41) is 7.93. The zero-order valence-electron chi connectivity index (χ0n) is 8.26. The Hall–Kier alpha value is -1.00. The van der Waals surface area contributed by atoms with E-state index >= 15 is 0 Å². The van der Waals surface area contributed by atoms with E-state index in [2.05, 4.69) is 15.1 Å². The molecule has 0 aromatic carbocycles. The second-order valence-electron chi connectivity index (χ2n) is 3.83. The third-order valence-electron chi connectivity index (χ3n) is 2.65. The van der Waals surface area contributed by atoms with Gasteiger partial charge in [-0.1, -0.05) is 0 Å². The highest BCUT2D eigenvalue weighted by Gasteiger charge is 2.16. The van der Waals surface area contributed by atoms with Crippen molar-refractivity contribution in [2.24, 2.45) is 5.73 Å². The van der Waals surface area contributed by atoms with Gasteiger partial charge in [0.2, 0.25) is 0 Å². The molecule has 1 aromatic heterocycles. The summed E-state index contributed by atoms with van der Waals surface area (Å²) in [7, 11) is 0. The lowest BCUT2D eigenvalue weighted by molar-refractivity contribution is 0.203. The van der Waals surface area contributed by atoms with Crippen LogP contribution in [0.4, 0.5) is 0 Å². The summed E-state index contributed by atoms with van der Waals surface area (Å²) >= 11 is 0. The van der Waals surface area contributed by atoms with Gasteiger partial charge in [0.15, 0.2) is 0 Å². The smallest absolute Gasteiger partial charge is 0.0771 e. The van der Waals surface area contributed by atoms with Crippen LogP contribution in [0.15, 0.2) is 18.3 Å². The normalized spacial score (nSPS) is 19.8. The van der Waals surface area contributed by atoms with Crippen molar-refractivity contribution in [1.82, 2.24) is 15.1 Å². The summed E-state index contributed by atoms with van der Waals surface area (Å²) in [5.41, 5.74) is 6.88. The molecule has 1 aromatic rings. The molecule has 76 valence electrons. The van der Waals surface area contributed by atoms with Gasteiger partial charge >= 0.3 is 0 Å². The highest BCUT2D eigenvalue weighted by molar-refractivity contribution is 4.99. The SMILES string of the molecule is NC1CCN(Cc2cccnn2)CC1. The van der Waals surface area contributed by atoms with Gasteiger partial charge in [0.25, 0.3) is 0 Å². The minimum absolute atomic E-state index is 0.396. The van der Waals surface area contributed by atoms with Crippen molar-refractivity contribution in [2.45, 2.75) is 25.4 Å². The fourth-order valence-electron chi connectivity index (χ4n) is 1.76. The molecule has 2 heterocycles.